The third-order valence-electron chi connectivity index (χ3n) is 6.27. The van der Waals surface area contributed by atoms with E-state index in [2.05, 4.69) is 73.3 Å². The number of benzene rings is 1. The number of likely N-dealkylation sites (tertiary alicyclic amines) is 1. The molecule has 0 spiro atoms. The lowest BCUT2D eigenvalue weighted by Crippen LogP contribution is -2.47. The number of hydrogen-bond donors (Lipinski definition) is 2. The summed E-state index contributed by atoms with van der Waals surface area (Å²) >= 11 is 1.83. The number of nitrogens with zero attached hydrogens (tertiary/aromatic N) is 3. The number of ether oxygens (including phenoxy) is 1. The van der Waals surface area contributed by atoms with Crippen molar-refractivity contribution in [1.82, 2.24) is 20.4 Å². The summed E-state index contributed by atoms with van der Waals surface area (Å²) in [5, 5.41) is 9.37. The molecule has 0 radical (unpaired) electrons. The summed E-state index contributed by atoms with van der Waals surface area (Å²) in [7, 11) is 1.86. The Balaban J connectivity index is 0.00000289. The van der Waals surface area contributed by atoms with E-state index in [1.165, 1.54) is 36.4 Å². The zero-order valence-electron chi connectivity index (χ0n) is 18.9. The lowest BCUT2D eigenvalue weighted by atomic mass is 10.1. The second kappa shape index (κ2) is 13.5. The first-order valence-corrected chi connectivity index (χ1v) is 12.3. The van der Waals surface area contributed by atoms with Crippen LogP contribution in [-0.2, 0) is 4.74 Å². The van der Waals surface area contributed by atoms with Gasteiger partial charge in [-0.05, 0) is 42.9 Å². The van der Waals surface area contributed by atoms with Crippen LogP contribution in [0.3, 0.4) is 0 Å². The van der Waals surface area contributed by atoms with Crippen molar-refractivity contribution in [3.05, 3.63) is 58.3 Å². The topological polar surface area (TPSA) is 52.1 Å². The summed E-state index contributed by atoms with van der Waals surface area (Å²) in [5.41, 5.74) is 1.37. The molecule has 4 rings (SSSR count). The third-order valence-corrected chi connectivity index (χ3v) is 7.25. The van der Waals surface area contributed by atoms with E-state index in [1.807, 2.05) is 18.4 Å². The number of aliphatic imine (C=N–C) groups is 1. The van der Waals surface area contributed by atoms with Crippen molar-refractivity contribution < 1.29 is 4.74 Å². The maximum absolute atomic E-state index is 5.57. The predicted molar refractivity (Wildman–Crippen MR) is 144 cm³/mol. The molecule has 1 aromatic heterocycles. The average molecular weight is 570 g/mol. The quantitative estimate of drug-likeness (QED) is 0.288. The zero-order chi connectivity index (χ0) is 21.3. The first kappa shape index (κ1) is 25.4. The molecular weight excluding hydrogens is 533 g/mol. The minimum absolute atomic E-state index is 0. The van der Waals surface area contributed by atoms with Crippen molar-refractivity contribution in [3.63, 3.8) is 0 Å². The van der Waals surface area contributed by atoms with Gasteiger partial charge >= 0.3 is 0 Å². The maximum atomic E-state index is 5.57. The van der Waals surface area contributed by atoms with Crippen molar-refractivity contribution in [2.45, 2.75) is 24.9 Å². The Kier molecular flexibility index (Phi) is 10.7. The van der Waals surface area contributed by atoms with E-state index < -0.39 is 0 Å². The van der Waals surface area contributed by atoms with Gasteiger partial charge in [0.05, 0.1) is 25.3 Å². The van der Waals surface area contributed by atoms with Crippen LogP contribution in [0.1, 0.15) is 35.4 Å². The van der Waals surface area contributed by atoms with Crippen LogP contribution in [0.25, 0.3) is 0 Å². The molecule has 0 amide bonds. The third kappa shape index (κ3) is 6.90. The van der Waals surface area contributed by atoms with Gasteiger partial charge in [0.1, 0.15) is 0 Å². The predicted octanol–water partition coefficient (Wildman–Crippen LogP) is 3.74. The second-order valence-corrected chi connectivity index (χ2v) is 9.16. The molecule has 2 aliphatic heterocycles. The molecule has 1 aromatic carbocycles. The van der Waals surface area contributed by atoms with Gasteiger partial charge in [0.25, 0.3) is 0 Å². The van der Waals surface area contributed by atoms with Crippen LogP contribution in [0, 0.1) is 0 Å². The van der Waals surface area contributed by atoms with Gasteiger partial charge in [-0.25, -0.2) is 0 Å². The summed E-state index contributed by atoms with van der Waals surface area (Å²) in [6, 6.07) is 15.9. The molecular formula is C24H36IN5OS. The first-order chi connectivity index (χ1) is 15.3. The summed E-state index contributed by atoms with van der Waals surface area (Å²) < 4.78 is 5.57. The number of hydrogen-bond acceptors (Lipinski definition) is 5. The van der Waals surface area contributed by atoms with Crippen LogP contribution >= 0.6 is 35.3 Å². The summed E-state index contributed by atoms with van der Waals surface area (Å²) in [5.74, 6) is 0.870. The maximum Gasteiger partial charge on any atom is 0.191 e. The van der Waals surface area contributed by atoms with Crippen LogP contribution in [0.15, 0.2) is 52.8 Å². The highest BCUT2D eigenvalue weighted by atomic mass is 127. The van der Waals surface area contributed by atoms with Gasteiger partial charge in [0.2, 0.25) is 0 Å². The van der Waals surface area contributed by atoms with E-state index in [0.717, 1.165) is 45.4 Å². The van der Waals surface area contributed by atoms with Crippen molar-refractivity contribution in [2.24, 2.45) is 4.99 Å². The van der Waals surface area contributed by atoms with Crippen molar-refractivity contribution in [2.75, 3.05) is 59.5 Å². The molecule has 0 aliphatic carbocycles. The smallest absolute Gasteiger partial charge is 0.191 e. The fourth-order valence-corrected chi connectivity index (χ4v) is 5.43. The van der Waals surface area contributed by atoms with Gasteiger partial charge in [0, 0.05) is 38.1 Å². The number of morpholine rings is 1. The lowest BCUT2D eigenvalue weighted by Gasteiger charge is -2.34. The van der Waals surface area contributed by atoms with E-state index >= 15 is 0 Å². The lowest BCUT2D eigenvalue weighted by molar-refractivity contribution is 0.0177. The van der Waals surface area contributed by atoms with Crippen LogP contribution in [0.4, 0.5) is 0 Å². The summed E-state index contributed by atoms with van der Waals surface area (Å²) in [6.07, 6.45) is 2.58. The number of halogens is 1. The van der Waals surface area contributed by atoms with E-state index in [1.54, 1.807) is 0 Å². The molecule has 2 N–H and O–H groups in total. The van der Waals surface area contributed by atoms with Gasteiger partial charge in [-0.2, -0.15) is 0 Å². The Morgan fingerprint density at radius 3 is 2.22 bits per heavy atom. The Bertz CT molecular complexity index is 792. The normalized spacial score (nSPS) is 19.8. The van der Waals surface area contributed by atoms with E-state index in [0.29, 0.717) is 12.1 Å². The van der Waals surface area contributed by atoms with E-state index in [4.69, 9.17) is 4.74 Å². The highest BCUT2D eigenvalue weighted by Crippen LogP contribution is 2.26. The Morgan fingerprint density at radius 2 is 1.59 bits per heavy atom. The fraction of sp³-hybridized carbons (Fsp3) is 0.542. The van der Waals surface area contributed by atoms with E-state index in [-0.39, 0.29) is 24.0 Å². The van der Waals surface area contributed by atoms with Gasteiger partial charge in [-0.3, -0.25) is 14.8 Å². The molecule has 2 unspecified atom stereocenters. The van der Waals surface area contributed by atoms with E-state index in [9.17, 15) is 0 Å². The molecule has 6 nitrogen and oxygen atoms in total. The fourth-order valence-electron chi connectivity index (χ4n) is 4.57. The average Bonchev–Trinajstić information content (AvgIpc) is 3.54. The van der Waals surface area contributed by atoms with Crippen molar-refractivity contribution in [1.29, 1.82) is 0 Å². The second-order valence-electron chi connectivity index (χ2n) is 8.18. The Morgan fingerprint density at radius 1 is 0.938 bits per heavy atom. The SMILES string of the molecule is CN=C(NCC(c1ccccc1)N1CCCC1)NCC(c1cccs1)N1CCOCC1.I. The highest BCUT2D eigenvalue weighted by molar-refractivity contribution is 14.0. The largest absolute Gasteiger partial charge is 0.379 e. The molecule has 0 bridgehead atoms. The van der Waals surface area contributed by atoms with Crippen LogP contribution < -0.4 is 10.6 Å². The monoisotopic (exact) mass is 569 g/mol. The van der Waals surface area contributed by atoms with Crippen LogP contribution in [-0.4, -0.2) is 75.3 Å². The number of thiophene rings is 1. The molecule has 2 fully saturated rings. The number of nitrogens with one attached hydrogen (secondary N) is 2. The van der Waals surface area contributed by atoms with Gasteiger partial charge in [-0.1, -0.05) is 36.4 Å². The van der Waals surface area contributed by atoms with Crippen LogP contribution in [0.5, 0.6) is 0 Å². The van der Waals surface area contributed by atoms with Gasteiger partial charge in [0.15, 0.2) is 5.96 Å². The molecule has 2 atom stereocenters. The molecule has 2 saturated heterocycles. The standard InChI is InChI=1S/C24H35N5OS.HI/c1-25-24(26-18-21(28-11-5-6-12-28)20-8-3-2-4-9-20)27-19-22(23-10-7-17-31-23)29-13-15-30-16-14-29;/h2-4,7-10,17,21-22H,5-6,11-16,18-19H2,1H3,(H2,25,26,27);1H. The molecule has 0 saturated carbocycles. The number of guanidine groups is 1. The highest BCUT2D eigenvalue weighted by Gasteiger charge is 2.25. The first-order valence-electron chi connectivity index (χ1n) is 11.4. The molecule has 32 heavy (non-hydrogen) atoms. The molecule has 2 aromatic rings. The number of rotatable bonds is 8. The minimum atomic E-state index is 0. The zero-order valence-corrected chi connectivity index (χ0v) is 22.1. The van der Waals surface area contributed by atoms with Gasteiger partial charge < -0.3 is 15.4 Å². The Hall–Kier alpha value is -1.20. The minimum Gasteiger partial charge on any atom is -0.379 e. The molecule has 2 aliphatic rings. The van der Waals surface area contributed by atoms with Crippen LogP contribution in [0.2, 0.25) is 0 Å². The molecule has 176 valence electrons. The molecule has 3 heterocycles. The Labute approximate surface area is 213 Å². The van der Waals surface area contributed by atoms with Crippen molar-refractivity contribution >= 4 is 41.3 Å². The molecule has 8 heteroatoms. The van der Waals surface area contributed by atoms with Gasteiger partial charge in [-0.15, -0.1) is 35.3 Å². The summed E-state index contributed by atoms with van der Waals surface area (Å²) in [4.78, 5) is 11.0. The summed E-state index contributed by atoms with van der Waals surface area (Å²) in [6.45, 7) is 7.59. The van der Waals surface area contributed by atoms with Crippen molar-refractivity contribution in [3.8, 4) is 0 Å².